The number of nitrogens with two attached hydrogens (primary N) is 3. The Balaban J connectivity index is 3.81. The van der Waals surface area contributed by atoms with Gasteiger partial charge in [0.1, 0.15) is 0 Å². The van der Waals surface area contributed by atoms with E-state index in [2.05, 4.69) is 11.8 Å². The molecule has 0 bridgehead atoms. The van der Waals surface area contributed by atoms with Crippen molar-refractivity contribution >= 4 is 0 Å². The molecule has 0 radical (unpaired) electrons. The van der Waals surface area contributed by atoms with Crippen LogP contribution < -0.4 is 17.2 Å². The number of rotatable bonds is 9. The first-order valence-corrected chi connectivity index (χ1v) is 5.60. The summed E-state index contributed by atoms with van der Waals surface area (Å²) in [6.45, 7) is 6.63. The second-order valence-electron chi connectivity index (χ2n) is 3.75. The van der Waals surface area contributed by atoms with Gasteiger partial charge in [0.15, 0.2) is 0 Å². The largest absolute Gasteiger partial charge is 0.330 e. The predicted molar refractivity (Wildman–Crippen MR) is 62.0 cm³/mol. The van der Waals surface area contributed by atoms with Crippen molar-refractivity contribution in [1.82, 2.24) is 4.90 Å². The fourth-order valence-corrected chi connectivity index (χ4v) is 1.57. The normalized spacial score (nSPS) is 13.5. The zero-order valence-electron chi connectivity index (χ0n) is 9.41. The topological polar surface area (TPSA) is 81.3 Å². The van der Waals surface area contributed by atoms with Crippen LogP contribution in [-0.2, 0) is 0 Å². The molecular formula is C10H26N4. The summed E-state index contributed by atoms with van der Waals surface area (Å²) in [5.74, 6) is 0. The highest BCUT2D eigenvalue weighted by Gasteiger charge is 2.11. The summed E-state index contributed by atoms with van der Waals surface area (Å²) < 4.78 is 0. The van der Waals surface area contributed by atoms with Crippen molar-refractivity contribution in [3.63, 3.8) is 0 Å². The molecule has 0 aliphatic heterocycles. The van der Waals surface area contributed by atoms with Gasteiger partial charge in [-0.1, -0.05) is 0 Å². The maximum absolute atomic E-state index is 5.55. The molecule has 0 aromatic rings. The standard InChI is InChI=1S/C10H26N4/c1-10(4-7-13)14(8-2-5-11)9-3-6-12/h10H,2-9,11-13H2,1H3. The molecule has 86 valence electrons. The van der Waals surface area contributed by atoms with E-state index in [4.69, 9.17) is 17.2 Å². The summed E-state index contributed by atoms with van der Waals surface area (Å²) in [7, 11) is 0. The fourth-order valence-electron chi connectivity index (χ4n) is 1.57. The lowest BCUT2D eigenvalue weighted by Crippen LogP contribution is -2.37. The van der Waals surface area contributed by atoms with Gasteiger partial charge < -0.3 is 22.1 Å². The Hall–Kier alpha value is -0.160. The first kappa shape index (κ1) is 13.8. The van der Waals surface area contributed by atoms with Crippen molar-refractivity contribution in [3.8, 4) is 0 Å². The third-order valence-corrected chi connectivity index (χ3v) is 2.51. The maximum atomic E-state index is 5.55. The molecule has 0 aliphatic rings. The molecule has 0 aromatic heterocycles. The molecule has 4 heteroatoms. The highest BCUT2D eigenvalue weighted by Crippen LogP contribution is 2.04. The van der Waals surface area contributed by atoms with E-state index in [0.29, 0.717) is 6.04 Å². The quantitative estimate of drug-likeness (QED) is 0.480. The van der Waals surface area contributed by atoms with Gasteiger partial charge in [-0.25, -0.2) is 0 Å². The molecule has 0 amide bonds. The smallest absolute Gasteiger partial charge is 0.00789 e. The Morgan fingerprint density at radius 2 is 1.43 bits per heavy atom. The van der Waals surface area contributed by atoms with Crippen molar-refractivity contribution < 1.29 is 0 Å². The SMILES string of the molecule is CC(CCN)N(CCCN)CCCN. The molecule has 14 heavy (non-hydrogen) atoms. The van der Waals surface area contributed by atoms with Crippen LogP contribution in [0.2, 0.25) is 0 Å². The first-order chi connectivity index (χ1) is 6.76. The summed E-state index contributed by atoms with van der Waals surface area (Å²) in [6, 6.07) is 0.554. The van der Waals surface area contributed by atoms with Gasteiger partial charge in [0, 0.05) is 6.04 Å². The molecule has 0 fully saturated rings. The van der Waals surface area contributed by atoms with E-state index in [9.17, 15) is 0 Å². The fraction of sp³-hybridized carbons (Fsp3) is 1.00. The third kappa shape index (κ3) is 6.32. The van der Waals surface area contributed by atoms with Crippen molar-refractivity contribution in [3.05, 3.63) is 0 Å². The van der Waals surface area contributed by atoms with Crippen LogP contribution in [0.15, 0.2) is 0 Å². The molecule has 0 heterocycles. The van der Waals surface area contributed by atoms with Gasteiger partial charge in [-0.05, 0) is 58.9 Å². The van der Waals surface area contributed by atoms with Crippen molar-refractivity contribution in [2.75, 3.05) is 32.7 Å². The van der Waals surface area contributed by atoms with Crippen molar-refractivity contribution in [2.45, 2.75) is 32.2 Å². The summed E-state index contributed by atoms with van der Waals surface area (Å²) in [4.78, 5) is 2.44. The van der Waals surface area contributed by atoms with Crippen LogP contribution in [0.5, 0.6) is 0 Å². The lowest BCUT2D eigenvalue weighted by molar-refractivity contribution is 0.199. The second-order valence-corrected chi connectivity index (χ2v) is 3.75. The van der Waals surface area contributed by atoms with Gasteiger partial charge in [-0.15, -0.1) is 0 Å². The maximum Gasteiger partial charge on any atom is 0.00789 e. The van der Waals surface area contributed by atoms with Gasteiger partial charge >= 0.3 is 0 Å². The summed E-state index contributed by atoms with van der Waals surface area (Å²) >= 11 is 0. The monoisotopic (exact) mass is 202 g/mol. The summed E-state index contributed by atoms with van der Waals surface area (Å²) in [5, 5.41) is 0. The van der Waals surface area contributed by atoms with E-state index in [1.165, 1.54) is 0 Å². The van der Waals surface area contributed by atoms with Gasteiger partial charge in [-0.3, -0.25) is 0 Å². The number of hydrogen-bond acceptors (Lipinski definition) is 4. The highest BCUT2D eigenvalue weighted by atomic mass is 15.1. The van der Waals surface area contributed by atoms with Crippen LogP contribution >= 0.6 is 0 Å². The Morgan fingerprint density at radius 1 is 0.929 bits per heavy atom. The molecule has 0 rings (SSSR count). The Kier molecular flexibility index (Phi) is 9.29. The van der Waals surface area contributed by atoms with E-state index in [1.54, 1.807) is 0 Å². The van der Waals surface area contributed by atoms with Gasteiger partial charge in [-0.2, -0.15) is 0 Å². The minimum atomic E-state index is 0.554. The average Bonchev–Trinajstić information content (AvgIpc) is 2.18. The van der Waals surface area contributed by atoms with Gasteiger partial charge in [0.25, 0.3) is 0 Å². The Morgan fingerprint density at radius 3 is 1.79 bits per heavy atom. The van der Waals surface area contributed by atoms with Crippen LogP contribution in [-0.4, -0.2) is 43.7 Å². The molecule has 0 aliphatic carbocycles. The molecule has 4 nitrogen and oxygen atoms in total. The van der Waals surface area contributed by atoms with E-state index < -0.39 is 0 Å². The zero-order chi connectivity index (χ0) is 10.8. The van der Waals surface area contributed by atoms with Crippen LogP contribution in [0, 0.1) is 0 Å². The summed E-state index contributed by atoms with van der Waals surface area (Å²) in [5.41, 5.74) is 16.6. The first-order valence-electron chi connectivity index (χ1n) is 5.60. The molecule has 0 aromatic carbocycles. The van der Waals surface area contributed by atoms with Gasteiger partial charge in [0.2, 0.25) is 0 Å². The van der Waals surface area contributed by atoms with Crippen molar-refractivity contribution in [2.24, 2.45) is 17.2 Å². The van der Waals surface area contributed by atoms with Gasteiger partial charge in [0.05, 0.1) is 0 Å². The highest BCUT2D eigenvalue weighted by molar-refractivity contribution is 4.68. The van der Waals surface area contributed by atoms with E-state index in [-0.39, 0.29) is 0 Å². The van der Waals surface area contributed by atoms with E-state index >= 15 is 0 Å². The minimum absolute atomic E-state index is 0.554. The summed E-state index contributed by atoms with van der Waals surface area (Å²) in [6.07, 6.45) is 3.16. The minimum Gasteiger partial charge on any atom is -0.330 e. The predicted octanol–water partition coefficient (Wildman–Crippen LogP) is -0.277. The molecule has 0 saturated carbocycles. The lowest BCUT2D eigenvalue weighted by Gasteiger charge is -2.28. The molecule has 0 saturated heterocycles. The Labute approximate surface area is 87.8 Å². The average molecular weight is 202 g/mol. The lowest BCUT2D eigenvalue weighted by atomic mass is 10.2. The number of hydrogen-bond donors (Lipinski definition) is 3. The van der Waals surface area contributed by atoms with Crippen LogP contribution in [0.1, 0.15) is 26.2 Å². The molecular weight excluding hydrogens is 176 g/mol. The van der Waals surface area contributed by atoms with E-state index in [0.717, 1.165) is 52.0 Å². The molecule has 0 spiro atoms. The van der Waals surface area contributed by atoms with E-state index in [1.807, 2.05) is 0 Å². The number of nitrogens with zero attached hydrogens (tertiary/aromatic N) is 1. The van der Waals surface area contributed by atoms with Crippen molar-refractivity contribution in [1.29, 1.82) is 0 Å². The van der Waals surface area contributed by atoms with Crippen LogP contribution in [0.4, 0.5) is 0 Å². The Bertz CT molecular complexity index is 111. The molecule has 1 atom stereocenters. The molecule has 1 unspecified atom stereocenters. The second kappa shape index (κ2) is 9.40. The van der Waals surface area contributed by atoms with Crippen LogP contribution in [0.25, 0.3) is 0 Å². The van der Waals surface area contributed by atoms with Crippen LogP contribution in [0.3, 0.4) is 0 Å². The molecule has 6 N–H and O–H groups in total. The zero-order valence-corrected chi connectivity index (χ0v) is 9.41. The third-order valence-electron chi connectivity index (χ3n) is 2.51.